The van der Waals surface area contributed by atoms with Gasteiger partial charge in [-0.1, -0.05) is 36.0 Å². The number of urea groups is 1. The molecule has 0 atom stereocenters. The van der Waals surface area contributed by atoms with Gasteiger partial charge in [0.25, 0.3) is 0 Å². The van der Waals surface area contributed by atoms with Crippen LogP contribution in [0.25, 0.3) is 0 Å². The van der Waals surface area contributed by atoms with E-state index in [2.05, 4.69) is 30.9 Å². The van der Waals surface area contributed by atoms with Crippen molar-refractivity contribution < 1.29 is 14.4 Å². The Morgan fingerprint density at radius 2 is 1.71 bits per heavy atom. The number of benzene rings is 2. The number of para-hydroxylation sites is 1. The third-order valence-corrected chi connectivity index (χ3v) is 4.30. The van der Waals surface area contributed by atoms with Gasteiger partial charge in [-0.05, 0) is 36.4 Å². The lowest BCUT2D eigenvalue weighted by Gasteiger charge is -2.09. The van der Waals surface area contributed by atoms with Crippen LogP contribution < -0.4 is 16.1 Å². The molecular weight excluding hydrogens is 378 g/mol. The number of hydrogen-bond donors (Lipinski definition) is 3. The average molecular weight is 395 g/mol. The Bertz CT molecular complexity index is 969. The van der Waals surface area contributed by atoms with E-state index in [1.165, 1.54) is 25.1 Å². The van der Waals surface area contributed by atoms with Crippen molar-refractivity contribution in [3.8, 4) is 0 Å². The van der Waals surface area contributed by atoms with Crippen molar-refractivity contribution in [2.75, 3.05) is 17.7 Å². The molecule has 0 spiro atoms. The molecule has 1 heterocycles. The molecule has 0 bridgehead atoms. The molecule has 3 rings (SSSR count). The van der Waals surface area contributed by atoms with Crippen molar-refractivity contribution in [2.24, 2.45) is 0 Å². The minimum Gasteiger partial charge on any atom is -0.308 e. The predicted molar refractivity (Wildman–Crippen MR) is 106 cm³/mol. The van der Waals surface area contributed by atoms with Gasteiger partial charge in [0.05, 0.1) is 7.11 Å². The summed E-state index contributed by atoms with van der Waals surface area (Å²) < 4.78 is 0. The third-order valence-electron chi connectivity index (χ3n) is 3.37. The Kier molecular flexibility index (Phi) is 6.55. The number of anilines is 2. The van der Waals surface area contributed by atoms with Crippen molar-refractivity contribution in [1.29, 1.82) is 0 Å². The standard InChI is InChI=1S/C19H17N5O3S/c1-27-24-18(25)17-20-11-10-16(23-17)28-15-9-5-8-14(12-15)22-19(26)21-13-6-3-2-4-7-13/h2-12H,1H3,(H,24,25)(H2,21,22,26). The predicted octanol–water partition coefficient (Wildman–Crippen LogP) is 3.56. The van der Waals surface area contributed by atoms with Gasteiger partial charge in [-0.15, -0.1) is 0 Å². The van der Waals surface area contributed by atoms with Gasteiger partial charge in [-0.2, -0.15) is 0 Å². The van der Waals surface area contributed by atoms with Crippen LogP contribution in [-0.4, -0.2) is 29.0 Å². The summed E-state index contributed by atoms with van der Waals surface area (Å²) in [5.41, 5.74) is 3.51. The first-order valence-corrected chi connectivity index (χ1v) is 9.03. The van der Waals surface area contributed by atoms with Crippen LogP contribution in [0.15, 0.2) is 76.8 Å². The Labute approximate surface area is 165 Å². The fraction of sp³-hybridized carbons (Fsp3) is 0.0526. The van der Waals surface area contributed by atoms with E-state index in [1.807, 2.05) is 36.4 Å². The zero-order chi connectivity index (χ0) is 19.8. The molecule has 0 radical (unpaired) electrons. The Hall–Kier alpha value is -3.43. The molecule has 0 saturated heterocycles. The van der Waals surface area contributed by atoms with Crippen LogP contribution in [0.1, 0.15) is 10.6 Å². The molecule has 0 aliphatic carbocycles. The van der Waals surface area contributed by atoms with Crippen LogP contribution in [0.3, 0.4) is 0 Å². The first kappa shape index (κ1) is 19.3. The molecule has 0 aliphatic rings. The van der Waals surface area contributed by atoms with Crippen LogP contribution in [0.2, 0.25) is 0 Å². The number of rotatable bonds is 6. The highest BCUT2D eigenvalue weighted by atomic mass is 32.2. The monoisotopic (exact) mass is 395 g/mol. The summed E-state index contributed by atoms with van der Waals surface area (Å²) in [6, 6.07) is 17.8. The second-order valence-electron chi connectivity index (χ2n) is 5.43. The Morgan fingerprint density at radius 3 is 2.50 bits per heavy atom. The summed E-state index contributed by atoms with van der Waals surface area (Å²) in [5.74, 6) is -0.527. The lowest BCUT2D eigenvalue weighted by atomic mass is 10.3. The van der Waals surface area contributed by atoms with Gasteiger partial charge in [0.15, 0.2) is 0 Å². The number of hydroxylamine groups is 1. The van der Waals surface area contributed by atoms with E-state index in [4.69, 9.17) is 0 Å². The summed E-state index contributed by atoms with van der Waals surface area (Å²) in [6.07, 6.45) is 1.50. The SMILES string of the molecule is CONC(=O)c1nccc(Sc2cccc(NC(=O)Nc3ccccc3)c2)n1. The van der Waals surface area contributed by atoms with E-state index >= 15 is 0 Å². The van der Waals surface area contributed by atoms with Gasteiger partial charge in [-0.25, -0.2) is 20.2 Å². The molecule has 2 aromatic carbocycles. The summed E-state index contributed by atoms with van der Waals surface area (Å²) >= 11 is 1.34. The molecule has 0 fully saturated rings. The summed E-state index contributed by atoms with van der Waals surface area (Å²) in [7, 11) is 1.34. The fourth-order valence-electron chi connectivity index (χ4n) is 2.22. The van der Waals surface area contributed by atoms with Crippen molar-refractivity contribution in [3.63, 3.8) is 0 Å². The summed E-state index contributed by atoms with van der Waals surface area (Å²) in [6.45, 7) is 0. The van der Waals surface area contributed by atoms with E-state index in [1.54, 1.807) is 24.3 Å². The molecule has 0 unspecified atom stereocenters. The van der Waals surface area contributed by atoms with Crippen LogP contribution in [-0.2, 0) is 4.84 Å². The van der Waals surface area contributed by atoms with Crippen molar-refractivity contribution in [3.05, 3.63) is 72.7 Å². The van der Waals surface area contributed by atoms with Crippen molar-refractivity contribution in [1.82, 2.24) is 15.4 Å². The molecule has 0 saturated carbocycles. The van der Waals surface area contributed by atoms with Crippen LogP contribution in [0, 0.1) is 0 Å². The molecule has 0 aliphatic heterocycles. The Morgan fingerprint density at radius 1 is 0.964 bits per heavy atom. The second-order valence-corrected chi connectivity index (χ2v) is 6.52. The van der Waals surface area contributed by atoms with E-state index in [0.717, 1.165) is 4.90 Å². The number of amides is 3. The second kappa shape index (κ2) is 9.49. The third kappa shape index (κ3) is 5.53. The number of carbonyl (C=O) groups is 2. The van der Waals surface area contributed by atoms with Gasteiger partial charge < -0.3 is 10.6 Å². The number of aromatic nitrogens is 2. The smallest absolute Gasteiger partial charge is 0.308 e. The lowest BCUT2D eigenvalue weighted by Crippen LogP contribution is -2.24. The Balaban J connectivity index is 1.66. The quantitative estimate of drug-likeness (QED) is 0.435. The maximum absolute atomic E-state index is 12.1. The molecule has 142 valence electrons. The van der Waals surface area contributed by atoms with Gasteiger partial charge in [0.1, 0.15) is 5.03 Å². The van der Waals surface area contributed by atoms with Gasteiger partial charge >= 0.3 is 11.9 Å². The highest BCUT2D eigenvalue weighted by Gasteiger charge is 2.10. The van der Waals surface area contributed by atoms with Crippen LogP contribution in [0.4, 0.5) is 16.2 Å². The molecule has 3 aromatic rings. The van der Waals surface area contributed by atoms with E-state index in [9.17, 15) is 9.59 Å². The van der Waals surface area contributed by atoms with Gasteiger partial charge in [0.2, 0.25) is 5.82 Å². The topological polar surface area (TPSA) is 105 Å². The van der Waals surface area contributed by atoms with E-state index in [0.29, 0.717) is 16.4 Å². The first-order valence-electron chi connectivity index (χ1n) is 8.21. The highest BCUT2D eigenvalue weighted by molar-refractivity contribution is 7.99. The summed E-state index contributed by atoms with van der Waals surface area (Å²) in [4.78, 5) is 37.4. The lowest BCUT2D eigenvalue weighted by molar-refractivity contribution is 0.0526. The highest BCUT2D eigenvalue weighted by Crippen LogP contribution is 2.28. The van der Waals surface area contributed by atoms with Crippen LogP contribution >= 0.6 is 11.8 Å². The van der Waals surface area contributed by atoms with Crippen molar-refractivity contribution >= 4 is 35.1 Å². The normalized spacial score (nSPS) is 10.2. The van der Waals surface area contributed by atoms with Gasteiger partial charge in [0, 0.05) is 22.5 Å². The zero-order valence-electron chi connectivity index (χ0n) is 14.9. The van der Waals surface area contributed by atoms with E-state index in [-0.39, 0.29) is 11.9 Å². The van der Waals surface area contributed by atoms with Crippen molar-refractivity contribution in [2.45, 2.75) is 9.92 Å². The number of nitrogens with zero attached hydrogens (tertiary/aromatic N) is 2. The summed E-state index contributed by atoms with van der Waals surface area (Å²) in [5, 5.41) is 6.13. The first-order chi connectivity index (χ1) is 13.6. The number of carbonyl (C=O) groups excluding carboxylic acids is 2. The minimum atomic E-state index is -0.530. The molecule has 3 amide bonds. The minimum absolute atomic E-state index is 0.00312. The largest absolute Gasteiger partial charge is 0.323 e. The van der Waals surface area contributed by atoms with E-state index < -0.39 is 5.91 Å². The zero-order valence-corrected chi connectivity index (χ0v) is 15.7. The molecule has 1 aromatic heterocycles. The number of hydrogen-bond acceptors (Lipinski definition) is 6. The maximum Gasteiger partial charge on any atom is 0.323 e. The maximum atomic E-state index is 12.1. The average Bonchev–Trinajstić information content (AvgIpc) is 2.69. The van der Waals surface area contributed by atoms with Crippen LogP contribution in [0.5, 0.6) is 0 Å². The molecule has 3 N–H and O–H groups in total. The fourth-order valence-corrected chi connectivity index (χ4v) is 3.05. The molecule has 9 heteroatoms. The molecular formula is C19H17N5O3S. The van der Waals surface area contributed by atoms with Gasteiger partial charge in [-0.3, -0.25) is 9.63 Å². The molecule has 8 nitrogen and oxygen atoms in total. The number of nitrogens with one attached hydrogen (secondary N) is 3. The molecule has 28 heavy (non-hydrogen) atoms.